The molecule has 0 saturated heterocycles. The molecule has 0 aliphatic rings. The van der Waals surface area contributed by atoms with Crippen LogP contribution in [0.5, 0.6) is 11.5 Å². The number of aromatic nitrogens is 1. The highest BCUT2D eigenvalue weighted by atomic mass is 79.9. The van der Waals surface area contributed by atoms with E-state index in [2.05, 4.69) is 18.3 Å². The van der Waals surface area contributed by atoms with Crippen molar-refractivity contribution in [3.8, 4) is 17.2 Å². The van der Waals surface area contributed by atoms with Gasteiger partial charge in [-0.2, -0.15) is 4.57 Å². The molecule has 0 unspecified atom stereocenters. The maximum absolute atomic E-state index is 5.43. The number of hydrogen-bond donors (Lipinski definition) is 0. The lowest BCUT2D eigenvalue weighted by atomic mass is 10.1. The van der Waals surface area contributed by atoms with Crippen molar-refractivity contribution >= 4 is 10.8 Å². The molecule has 2 aromatic carbocycles. The van der Waals surface area contributed by atoms with Crippen molar-refractivity contribution in [2.24, 2.45) is 0 Å². The van der Waals surface area contributed by atoms with E-state index in [1.165, 1.54) is 0 Å². The van der Waals surface area contributed by atoms with Gasteiger partial charge in [0.25, 0.3) is 5.69 Å². The first kappa shape index (κ1) is 15.3. The minimum absolute atomic E-state index is 0. The van der Waals surface area contributed by atoms with Crippen molar-refractivity contribution in [3.63, 3.8) is 0 Å². The van der Waals surface area contributed by atoms with Crippen LogP contribution in [0.3, 0.4) is 0 Å². The van der Waals surface area contributed by atoms with E-state index >= 15 is 0 Å². The van der Waals surface area contributed by atoms with E-state index in [-0.39, 0.29) is 17.0 Å². The number of nitrogens with zero attached hydrogens (tertiary/aromatic N) is 1. The Bertz CT molecular complexity index is 759. The van der Waals surface area contributed by atoms with Crippen LogP contribution < -0.4 is 31.0 Å². The lowest BCUT2D eigenvalue weighted by Crippen LogP contribution is -3.00. The third-order valence-electron chi connectivity index (χ3n) is 3.37. The summed E-state index contributed by atoms with van der Waals surface area (Å²) in [6, 6.07) is 16.1. The molecule has 0 atom stereocenters. The molecule has 3 aromatic rings. The Morgan fingerprint density at radius 2 is 1.52 bits per heavy atom. The van der Waals surface area contributed by atoms with Crippen molar-refractivity contribution < 1.29 is 31.0 Å². The Balaban J connectivity index is 0.00000161. The Labute approximate surface area is 134 Å². The fourth-order valence-corrected chi connectivity index (χ4v) is 2.36. The average Bonchev–Trinajstić information content (AvgIpc) is 2.53. The number of fused-ring (bicyclic) bond motifs is 1. The van der Waals surface area contributed by atoms with E-state index in [0.717, 1.165) is 28.0 Å². The summed E-state index contributed by atoms with van der Waals surface area (Å²) in [5.74, 6) is 1.71. The Hall–Kier alpha value is -2.07. The van der Waals surface area contributed by atoms with Gasteiger partial charge in [0.15, 0.2) is 18.1 Å². The largest absolute Gasteiger partial charge is 1.00 e. The molecule has 0 aliphatic carbocycles. The number of halogens is 1. The summed E-state index contributed by atoms with van der Waals surface area (Å²) in [6.45, 7) is 0. The van der Waals surface area contributed by atoms with Crippen LogP contribution in [-0.4, -0.2) is 14.2 Å². The summed E-state index contributed by atoms with van der Waals surface area (Å²) >= 11 is 0. The summed E-state index contributed by atoms with van der Waals surface area (Å²) in [5, 5.41) is 2.22. The van der Waals surface area contributed by atoms with Crippen LogP contribution in [0.4, 0.5) is 0 Å². The van der Waals surface area contributed by atoms with Gasteiger partial charge in [0.2, 0.25) is 0 Å². The number of benzene rings is 2. The van der Waals surface area contributed by atoms with Crippen molar-refractivity contribution in [1.29, 1.82) is 0 Å². The average molecular weight is 346 g/mol. The first-order chi connectivity index (χ1) is 9.83. The second-order valence-corrected chi connectivity index (χ2v) is 4.49. The van der Waals surface area contributed by atoms with Crippen LogP contribution in [0, 0.1) is 0 Å². The molecule has 0 N–H and O–H groups in total. The first-order valence-electron chi connectivity index (χ1n) is 6.45. The maximum atomic E-state index is 5.43. The highest BCUT2D eigenvalue weighted by molar-refractivity contribution is 5.86. The number of hydrogen-bond acceptors (Lipinski definition) is 2. The van der Waals surface area contributed by atoms with Gasteiger partial charge >= 0.3 is 0 Å². The molecule has 0 spiro atoms. The summed E-state index contributed by atoms with van der Waals surface area (Å²) in [7, 11) is 3.37. The van der Waals surface area contributed by atoms with Gasteiger partial charge in [-0.05, 0) is 17.5 Å². The lowest BCUT2D eigenvalue weighted by molar-refractivity contribution is -0.594. The normalized spacial score (nSPS) is 10.0. The number of ether oxygens (including phenoxy) is 2. The van der Waals surface area contributed by atoms with Crippen molar-refractivity contribution in [1.82, 2.24) is 0 Å². The van der Waals surface area contributed by atoms with Crippen molar-refractivity contribution in [2.45, 2.75) is 0 Å². The predicted octanol–water partition coefficient (Wildman–Crippen LogP) is 0.138. The minimum atomic E-state index is 0. The molecule has 0 fully saturated rings. The fourth-order valence-electron chi connectivity index (χ4n) is 2.36. The number of methoxy groups -OCH3 is 2. The Kier molecular flexibility index (Phi) is 4.81. The lowest BCUT2D eigenvalue weighted by Gasteiger charge is -2.06. The zero-order valence-electron chi connectivity index (χ0n) is 11.9. The highest BCUT2D eigenvalue weighted by Gasteiger charge is 2.14. The van der Waals surface area contributed by atoms with Crippen LogP contribution in [0.15, 0.2) is 60.9 Å². The molecule has 0 saturated carbocycles. The van der Waals surface area contributed by atoms with E-state index in [1.807, 2.05) is 47.2 Å². The molecule has 0 bridgehead atoms. The number of para-hydroxylation sites is 2. The number of pyridine rings is 1. The molecule has 1 aromatic heterocycles. The van der Waals surface area contributed by atoms with Crippen molar-refractivity contribution in [2.75, 3.05) is 14.2 Å². The van der Waals surface area contributed by atoms with Gasteiger partial charge in [0.1, 0.15) is 5.75 Å². The summed E-state index contributed by atoms with van der Waals surface area (Å²) in [4.78, 5) is 0. The molecule has 0 aliphatic heterocycles. The fraction of sp³-hybridized carbons (Fsp3) is 0.118. The van der Waals surface area contributed by atoms with Crippen LogP contribution in [0.2, 0.25) is 0 Å². The minimum Gasteiger partial charge on any atom is -1.00 e. The molecule has 21 heavy (non-hydrogen) atoms. The molecule has 3 rings (SSSR count). The zero-order chi connectivity index (χ0) is 13.9. The van der Waals surface area contributed by atoms with Gasteiger partial charge in [0, 0.05) is 12.1 Å². The molecule has 0 amide bonds. The topological polar surface area (TPSA) is 22.3 Å². The molecule has 0 radical (unpaired) electrons. The monoisotopic (exact) mass is 345 g/mol. The van der Waals surface area contributed by atoms with Crippen LogP contribution >= 0.6 is 0 Å². The van der Waals surface area contributed by atoms with Crippen LogP contribution in [0.1, 0.15) is 0 Å². The van der Waals surface area contributed by atoms with E-state index < -0.39 is 0 Å². The molecule has 3 nitrogen and oxygen atoms in total. The van der Waals surface area contributed by atoms with Gasteiger partial charge < -0.3 is 26.5 Å². The summed E-state index contributed by atoms with van der Waals surface area (Å²) < 4.78 is 12.9. The van der Waals surface area contributed by atoms with Gasteiger partial charge in [-0.3, -0.25) is 0 Å². The Morgan fingerprint density at radius 3 is 2.29 bits per heavy atom. The van der Waals surface area contributed by atoms with E-state index in [0.29, 0.717) is 0 Å². The summed E-state index contributed by atoms with van der Waals surface area (Å²) in [5.41, 5.74) is 1.00. The maximum Gasteiger partial charge on any atom is 0.252 e. The molecular formula is C17H16BrNO2. The van der Waals surface area contributed by atoms with E-state index in [9.17, 15) is 0 Å². The highest BCUT2D eigenvalue weighted by Crippen LogP contribution is 2.25. The van der Waals surface area contributed by atoms with Gasteiger partial charge in [-0.25, -0.2) is 0 Å². The van der Waals surface area contributed by atoms with Gasteiger partial charge in [0.05, 0.1) is 19.6 Å². The second-order valence-electron chi connectivity index (χ2n) is 4.49. The molecule has 1 heterocycles. The standard InChI is InChI=1S/C17H16NO2.BrH/c1-19-16-9-5-6-13-10-11-18(12-14(13)16)15-7-3-4-8-17(15)20-2;/h3-12H,1-2H3;1H/q+1;/p-1. The zero-order valence-corrected chi connectivity index (χ0v) is 13.5. The predicted molar refractivity (Wildman–Crippen MR) is 78.6 cm³/mol. The van der Waals surface area contributed by atoms with Crippen molar-refractivity contribution in [3.05, 3.63) is 60.9 Å². The molecule has 4 heteroatoms. The Morgan fingerprint density at radius 1 is 0.810 bits per heavy atom. The third kappa shape index (κ3) is 2.85. The smallest absolute Gasteiger partial charge is 0.252 e. The quantitative estimate of drug-likeness (QED) is 0.630. The van der Waals surface area contributed by atoms with E-state index in [1.54, 1.807) is 14.2 Å². The third-order valence-corrected chi connectivity index (χ3v) is 3.37. The van der Waals surface area contributed by atoms with Crippen LogP contribution in [0.25, 0.3) is 16.5 Å². The first-order valence-corrected chi connectivity index (χ1v) is 6.45. The van der Waals surface area contributed by atoms with E-state index in [4.69, 9.17) is 9.47 Å². The van der Waals surface area contributed by atoms with Crippen LogP contribution in [-0.2, 0) is 0 Å². The molecular weight excluding hydrogens is 330 g/mol. The SMILES string of the molecule is COc1ccccc1-[n+]1ccc2cccc(OC)c2c1.[Br-]. The molecule has 108 valence electrons. The number of rotatable bonds is 3. The van der Waals surface area contributed by atoms with Gasteiger partial charge in [-0.15, -0.1) is 0 Å². The second kappa shape index (κ2) is 6.59. The summed E-state index contributed by atoms with van der Waals surface area (Å²) in [6.07, 6.45) is 4.09. The van der Waals surface area contributed by atoms with Gasteiger partial charge in [-0.1, -0.05) is 24.3 Å².